The minimum Gasteiger partial charge on any atom is -0.326 e. The number of thioether (sulfide) groups is 1. The van der Waals surface area contributed by atoms with E-state index in [0.29, 0.717) is 10.8 Å². The van der Waals surface area contributed by atoms with Gasteiger partial charge in [0.1, 0.15) is 0 Å². The molecule has 0 bridgehead atoms. The number of nitrogens with zero attached hydrogens (tertiary/aromatic N) is 1. The van der Waals surface area contributed by atoms with Gasteiger partial charge in [-0.2, -0.15) is 11.8 Å². The Hall–Kier alpha value is -0.510. The highest BCUT2D eigenvalue weighted by Crippen LogP contribution is 2.35. The first-order valence-corrected chi connectivity index (χ1v) is 9.12. The molecular formula is C18H30N2S. The van der Waals surface area contributed by atoms with Crippen molar-refractivity contribution < 1.29 is 0 Å². The second-order valence-electron chi connectivity index (χ2n) is 6.77. The lowest BCUT2D eigenvalue weighted by Gasteiger charge is -2.36. The van der Waals surface area contributed by atoms with Gasteiger partial charge in [-0.3, -0.25) is 4.90 Å². The van der Waals surface area contributed by atoms with E-state index in [1.165, 1.54) is 23.3 Å². The van der Waals surface area contributed by atoms with Gasteiger partial charge < -0.3 is 5.73 Å². The smallest absolute Gasteiger partial charge is 0.0502 e. The van der Waals surface area contributed by atoms with Crippen molar-refractivity contribution in [3.63, 3.8) is 0 Å². The molecule has 2 unspecified atom stereocenters. The highest BCUT2D eigenvalue weighted by Gasteiger charge is 2.31. The molecule has 3 heteroatoms. The zero-order chi connectivity index (χ0) is 15.5. The predicted molar refractivity (Wildman–Crippen MR) is 94.9 cm³/mol. The van der Waals surface area contributed by atoms with Gasteiger partial charge in [-0.25, -0.2) is 0 Å². The van der Waals surface area contributed by atoms with E-state index >= 15 is 0 Å². The molecule has 0 amide bonds. The predicted octanol–water partition coefficient (Wildman–Crippen LogP) is 3.99. The van der Waals surface area contributed by atoms with Crippen LogP contribution < -0.4 is 5.73 Å². The molecule has 2 atom stereocenters. The number of rotatable bonds is 4. The molecule has 2 nitrogen and oxygen atoms in total. The average Bonchev–Trinajstić information content (AvgIpc) is 2.62. The van der Waals surface area contributed by atoms with Crippen LogP contribution in [0.1, 0.15) is 50.8 Å². The molecule has 1 aliphatic heterocycles. The lowest BCUT2D eigenvalue weighted by Crippen LogP contribution is -2.42. The van der Waals surface area contributed by atoms with Crippen molar-refractivity contribution in [3.8, 4) is 0 Å². The molecule has 2 N–H and O–H groups in total. The third-order valence-corrected chi connectivity index (χ3v) is 6.02. The first-order chi connectivity index (χ1) is 9.94. The van der Waals surface area contributed by atoms with Crippen LogP contribution in [0, 0.1) is 6.92 Å². The molecule has 118 valence electrons. The van der Waals surface area contributed by atoms with Gasteiger partial charge in [-0.1, -0.05) is 45.0 Å². The summed E-state index contributed by atoms with van der Waals surface area (Å²) in [6, 6.07) is 9.30. The molecular weight excluding hydrogens is 276 g/mol. The number of hydrogen-bond donors (Lipinski definition) is 1. The van der Waals surface area contributed by atoms with E-state index in [4.69, 9.17) is 5.73 Å². The normalized spacial score (nSPS) is 22.5. The average molecular weight is 307 g/mol. The van der Waals surface area contributed by atoms with Crippen molar-refractivity contribution in [2.75, 3.05) is 18.8 Å². The summed E-state index contributed by atoms with van der Waals surface area (Å²) in [7, 11) is 0. The summed E-state index contributed by atoms with van der Waals surface area (Å²) >= 11 is 2.10. The molecule has 1 aromatic rings. The topological polar surface area (TPSA) is 29.3 Å². The Balaban J connectivity index is 2.26. The number of nitrogens with two attached hydrogens (primary N) is 1. The maximum Gasteiger partial charge on any atom is 0.0502 e. The number of benzene rings is 1. The van der Waals surface area contributed by atoms with Crippen LogP contribution in [0.4, 0.5) is 0 Å². The van der Waals surface area contributed by atoms with Gasteiger partial charge in [-0.15, -0.1) is 0 Å². The first kappa shape index (κ1) is 16.9. The second kappa shape index (κ2) is 7.17. The van der Waals surface area contributed by atoms with Gasteiger partial charge in [0, 0.05) is 29.6 Å². The molecule has 0 radical (unpaired) electrons. The van der Waals surface area contributed by atoms with Gasteiger partial charge in [0.25, 0.3) is 0 Å². The van der Waals surface area contributed by atoms with Gasteiger partial charge in [-0.05, 0) is 30.9 Å². The lowest BCUT2D eigenvalue weighted by molar-refractivity contribution is 0.176. The lowest BCUT2D eigenvalue weighted by atomic mass is 9.92. The van der Waals surface area contributed by atoms with Crippen LogP contribution in [-0.2, 0) is 0 Å². The molecule has 21 heavy (non-hydrogen) atoms. The number of hydrogen-bond acceptors (Lipinski definition) is 3. The molecule has 0 aliphatic carbocycles. The SMILES string of the molecule is CCC(N)C(c1ccccc1C)N1CCSC(C)(C)CC1. The van der Waals surface area contributed by atoms with Gasteiger partial charge in [0.2, 0.25) is 0 Å². The molecule has 1 heterocycles. The van der Waals surface area contributed by atoms with E-state index in [1.807, 2.05) is 0 Å². The highest BCUT2D eigenvalue weighted by molar-refractivity contribution is 8.00. The maximum absolute atomic E-state index is 6.52. The first-order valence-electron chi connectivity index (χ1n) is 8.14. The van der Waals surface area contributed by atoms with Crippen molar-refractivity contribution in [1.29, 1.82) is 0 Å². The summed E-state index contributed by atoms with van der Waals surface area (Å²) < 4.78 is 0.390. The minimum absolute atomic E-state index is 0.206. The molecule has 1 fully saturated rings. The van der Waals surface area contributed by atoms with Crippen LogP contribution in [0.3, 0.4) is 0 Å². The van der Waals surface area contributed by atoms with E-state index in [2.05, 4.69) is 68.6 Å². The van der Waals surface area contributed by atoms with E-state index in [0.717, 1.165) is 19.5 Å². The molecule has 2 rings (SSSR count). The van der Waals surface area contributed by atoms with E-state index in [1.54, 1.807) is 0 Å². The van der Waals surface area contributed by atoms with Crippen LogP contribution in [0.15, 0.2) is 24.3 Å². The molecule has 1 aromatic carbocycles. The maximum atomic E-state index is 6.52. The summed E-state index contributed by atoms with van der Waals surface area (Å²) in [6.45, 7) is 11.4. The summed E-state index contributed by atoms with van der Waals surface area (Å²) in [5.74, 6) is 1.20. The van der Waals surface area contributed by atoms with Gasteiger partial charge >= 0.3 is 0 Å². The van der Waals surface area contributed by atoms with Crippen molar-refractivity contribution in [2.24, 2.45) is 5.73 Å². The van der Waals surface area contributed by atoms with Crippen molar-refractivity contribution in [3.05, 3.63) is 35.4 Å². The molecule has 1 saturated heterocycles. The Morgan fingerprint density at radius 1 is 1.29 bits per heavy atom. The van der Waals surface area contributed by atoms with Crippen LogP contribution in [0.2, 0.25) is 0 Å². The Morgan fingerprint density at radius 3 is 2.67 bits per heavy atom. The third-order valence-electron chi connectivity index (χ3n) is 4.65. The molecule has 1 aliphatic rings. The van der Waals surface area contributed by atoms with Gasteiger partial charge in [0.05, 0.1) is 6.04 Å². The Morgan fingerprint density at radius 2 is 2.00 bits per heavy atom. The second-order valence-corrected chi connectivity index (χ2v) is 8.57. The quantitative estimate of drug-likeness (QED) is 0.912. The fraction of sp³-hybridized carbons (Fsp3) is 0.667. The Kier molecular flexibility index (Phi) is 5.75. The monoisotopic (exact) mass is 306 g/mol. The molecule has 0 saturated carbocycles. The minimum atomic E-state index is 0.206. The summed E-state index contributed by atoms with van der Waals surface area (Å²) in [5, 5.41) is 0. The van der Waals surface area contributed by atoms with Gasteiger partial charge in [0.15, 0.2) is 0 Å². The van der Waals surface area contributed by atoms with Crippen LogP contribution >= 0.6 is 11.8 Å². The largest absolute Gasteiger partial charge is 0.326 e. The molecule has 0 spiro atoms. The van der Waals surface area contributed by atoms with E-state index in [9.17, 15) is 0 Å². The van der Waals surface area contributed by atoms with Crippen molar-refractivity contribution in [2.45, 2.75) is 57.4 Å². The fourth-order valence-electron chi connectivity index (χ4n) is 3.15. The van der Waals surface area contributed by atoms with E-state index in [-0.39, 0.29) is 6.04 Å². The zero-order valence-electron chi connectivity index (χ0n) is 13.9. The van der Waals surface area contributed by atoms with Crippen LogP contribution in [-0.4, -0.2) is 34.5 Å². The Labute approximate surface area is 134 Å². The summed E-state index contributed by atoms with van der Waals surface area (Å²) in [6.07, 6.45) is 2.25. The summed E-state index contributed by atoms with van der Waals surface area (Å²) in [5.41, 5.74) is 9.30. The van der Waals surface area contributed by atoms with Crippen molar-refractivity contribution in [1.82, 2.24) is 4.90 Å². The van der Waals surface area contributed by atoms with Crippen LogP contribution in [0.5, 0.6) is 0 Å². The van der Waals surface area contributed by atoms with Crippen LogP contribution in [0.25, 0.3) is 0 Å². The Bertz CT molecular complexity index is 458. The third kappa shape index (κ3) is 4.24. The number of aryl methyl sites for hydroxylation is 1. The summed E-state index contributed by atoms with van der Waals surface area (Å²) in [4.78, 5) is 2.62. The fourth-order valence-corrected chi connectivity index (χ4v) is 4.27. The standard InChI is InChI=1S/C18H30N2S/c1-5-16(19)17(15-9-7-6-8-14(15)2)20-11-10-18(3,4)21-13-12-20/h6-9,16-17H,5,10-13,19H2,1-4H3. The van der Waals surface area contributed by atoms with Crippen molar-refractivity contribution >= 4 is 11.8 Å². The molecule has 0 aromatic heterocycles. The van der Waals surface area contributed by atoms with E-state index < -0.39 is 0 Å². The highest BCUT2D eigenvalue weighted by atomic mass is 32.2. The zero-order valence-corrected chi connectivity index (χ0v) is 14.7.